The highest BCUT2D eigenvalue weighted by Crippen LogP contribution is 2.44. The molecule has 0 unspecified atom stereocenters. The zero-order chi connectivity index (χ0) is 35.3. The maximum Gasteiger partial charge on any atom is 0.101 e. The van der Waals surface area contributed by atoms with Crippen molar-refractivity contribution in [3.05, 3.63) is 200 Å². The van der Waals surface area contributed by atoms with Crippen LogP contribution in [0.1, 0.15) is 5.56 Å². The Hall–Kier alpha value is -7.21. The van der Waals surface area contributed by atoms with Crippen molar-refractivity contribution in [1.82, 2.24) is 4.57 Å². The predicted molar refractivity (Wildman–Crippen MR) is 222 cm³/mol. The number of para-hydroxylation sites is 2. The summed E-state index contributed by atoms with van der Waals surface area (Å²) in [6.45, 7) is 0. The number of aromatic nitrogens is 1. The van der Waals surface area contributed by atoms with Crippen LogP contribution in [0.4, 0.5) is 0 Å². The summed E-state index contributed by atoms with van der Waals surface area (Å²) in [5.74, 6) is 0. The second-order valence-electron chi connectivity index (χ2n) is 13.5. The Bertz CT molecular complexity index is 2940. The first-order chi connectivity index (χ1) is 26.3. The predicted octanol–water partition coefficient (Wildman–Crippen LogP) is 13.6. The van der Waals surface area contributed by atoms with E-state index in [4.69, 9.17) is 0 Å². The largest absolute Gasteiger partial charge is 0.308 e. The molecule has 53 heavy (non-hydrogen) atoms. The molecule has 0 saturated carbocycles. The fraction of sp³-hybridized carbons (Fsp3) is 0. The van der Waals surface area contributed by atoms with Crippen LogP contribution >= 0.6 is 0 Å². The number of benzene rings is 9. The minimum Gasteiger partial charge on any atom is -0.308 e. The average molecular weight is 673 g/mol. The molecule has 246 valence electrons. The molecule has 0 atom stereocenters. The third-order valence-electron chi connectivity index (χ3n) is 10.7. The molecule has 1 heterocycles. The van der Waals surface area contributed by atoms with E-state index in [9.17, 15) is 5.26 Å². The van der Waals surface area contributed by atoms with Crippen molar-refractivity contribution in [1.29, 1.82) is 5.26 Å². The topological polar surface area (TPSA) is 28.7 Å². The molecule has 0 spiro atoms. The smallest absolute Gasteiger partial charge is 0.101 e. The number of hydrogen-bond donors (Lipinski definition) is 0. The molecule has 1 aromatic heterocycles. The maximum absolute atomic E-state index is 10.5. The SMILES string of the molecule is N#Cc1cc(-c2ccccc2-c2ccc(-c3c4ccccc4c(-c4ccccc4)c4ccccc34)cc2)ccc1-n1c2ccccc2c2ccccc21. The minimum absolute atomic E-state index is 0.636. The lowest BCUT2D eigenvalue weighted by atomic mass is 9.85. The van der Waals surface area contributed by atoms with Crippen molar-refractivity contribution < 1.29 is 0 Å². The Balaban J connectivity index is 1.08. The van der Waals surface area contributed by atoms with Crippen LogP contribution in [0.3, 0.4) is 0 Å². The Morgan fingerprint density at radius 1 is 0.340 bits per heavy atom. The molecule has 10 aromatic rings. The number of rotatable bonds is 5. The lowest BCUT2D eigenvalue weighted by Gasteiger charge is -2.18. The van der Waals surface area contributed by atoms with Gasteiger partial charge in [-0.2, -0.15) is 5.26 Å². The van der Waals surface area contributed by atoms with E-state index in [2.05, 4.69) is 199 Å². The second kappa shape index (κ2) is 12.5. The standard InChI is InChI=1S/C51H32N2/c52-33-38-32-37(30-31-47(38)53-48-24-12-10-18-41(48)42-19-11-13-25-49(42)53)40-17-5-4-16-39(40)34-26-28-36(29-27-34)51-45-22-8-6-20-43(45)50(35-14-2-1-3-15-35)44-21-7-9-23-46(44)51/h1-32H. The Labute approximate surface area is 308 Å². The van der Waals surface area contributed by atoms with Crippen LogP contribution in [0, 0.1) is 11.3 Å². The summed E-state index contributed by atoms with van der Waals surface area (Å²) in [4.78, 5) is 0. The molecule has 2 nitrogen and oxygen atoms in total. The van der Waals surface area contributed by atoms with Gasteiger partial charge in [0.25, 0.3) is 0 Å². The zero-order valence-corrected chi connectivity index (χ0v) is 28.9. The number of hydrogen-bond acceptors (Lipinski definition) is 1. The van der Waals surface area contributed by atoms with Gasteiger partial charge < -0.3 is 4.57 Å². The lowest BCUT2D eigenvalue weighted by molar-refractivity contribution is 1.17. The van der Waals surface area contributed by atoms with E-state index in [1.165, 1.54) is 54.6 Å². The van der Waals surface area contributed by atoms with E-state index in [0.717, 1.165) is 39.0 Å². The molecular weight excluding hydrogens is 641 g/mol. The minimum atomic E-state index is 0.636. The van der Waals surface area contributed by atoms with Gasteiger partial charge in [-0.1, -0.05) is 170 Å². The van der Waals surface area contributed by atoms with E-state index in [1.54, 1.807) is 0 Å². The van der Waals surface area contributed by atoms with Gasteiger partial charge in [0.05, 0.1) is 22.3 Å². The molecule has 10 rings (SSSR count). The molecule has 0 fully saturated rings. The normalized spacial score (nSPS) is 11.4. The van der Waals surface area contributed by atoms with Gasteiger partial charge in [-0.25, -0.2) is 0 Å². The van der Waals surface area contributed by atoms with Crippen molar-refractivity contribution in [2.75, 3.05) is 0 Å². The fourth-order valence-corrected chi connectivity index (χ4v) is 8.33. The van der Waals surface area contributed by atoms with E-state index in [1.807, 2.05) is 6.07 Å². The Kier molecular flexibility index (Phi) is 7.23. The van der Waals surface area contributed by atoms with Gasteiger partial charge in [-0.3, -0.25) is 0 Å². The van der Waals surface area contributed by atoms with Crippen molar-refractivity contribution in [3.8, 4) is 56.3 Å². The molecular formula is C51H32N2. The monoisotopic (exact) mass is 672 g/mol. The third kappa shape index (κ3) is 4.94. The molecule has 0 radical (unpaired) electrons. The van der Waals surface area contributed by atoms with Crippen LogP contribution in [0.2, 0.25) is 0 Å². The van der Waals surface area contributed by atoms with Crippen LogP contribution in [0.15, 0.2) is 194 Å². The lowest BCUT2D eigenvalue weighted by Crippen LogP contribution is -1.98. The van der Waals surface area contributed by atoms with Crippen LogP contribution < -0.4 is 0 Å². The molecule has 2 heteroatoms. The van der Waals surface area contributed by atoms with Crippen LogP contribution in [0.5, 0.6) is 0 Å². The summed E-state index contributed by atoms with van der Waals surface area (Å²) in [5.41, 5.74) is 13.0. The quantitative estimate of drug-likeness (QED) is 0.167. The van der Waals surface area contributed by atoms with Gasteiger partial charge in [0, 0.05) is 10.8 Å². The number of fused-ring (bicyclic) bond motifs is 5. The molecule has 0 bridgehead atoms. The number of nitrogens with zero attached hydrogens (tertiary/aromatic N) is 2. The molecule has 0 N–H and O–H groups in total. The molecule has 0 amide bonds. The second-order valence-corrected chi connectivity index (χ2v) is 13.5. The highest BCUT2D eigenvalue weighted by Gasteiger charge is 2.18. The molecule has 0 saturated heterocycles. The van der Waals surface area contributed by atoms with Crippen molar-refractivity contribution in [2.45, 2.75) is 0 Å². The molecule has 0 aliphatic carbocycles. The fourth-order valence-electron chi connectivity index (χ4n) is 8.33. The first kappa shape index (κ1) is 30.6. The van der Waals surface area contributed by atoms with E-state index >= 15 is 0 Å². The molecule has 0 aliphatic heterocycles. The van der Waals surface area contributed by atoms with Crippen molar-refractivity contribution >= 4 is 43.4 Å². The molecule has 0 aliphatic rings. The van der Waals surface area contributed by atoms with Gasteiger partial charge in [-0.15, -0.1) is 0 Å². The third-order valence-corrected chi connectivity index (χ3v) is 10.7. The summed E-state index contributed by atoms with van der Waals surface area (Å²) in [6.07, 6.45) is 0. The van der Waals surface area contributed by atoms with Crippen LogP contribution in [-0.4, -0.2) is 4.57 Å². The van der Waals surface area contributed by atoms with Crippen molar-refractivity contribution in [2.24, 2.45) is 0 Å². The van der Waals surface area contributed by atoms with E-state index < -0.39 is 0 Å². The van der Waals surface area contributed by atoms with Gasteiger partial charge in [0.2, 0.25) is 0 Å². The zero-order valence-electron chi connectivity index (χ0n) is 28.9. The van der Waals surface area contributed by atoms with E-state index in [-0.39, 0.29) is 0 Å². The number of nitriles is 1. The molecule has 9 aromatic carbocycles. The van der Waals surface area contributed by atoms with Gasteiger partial charge in [0.15, 0.2) is 0 Å². The summed E-state index contributed by atoms with van der Waals surface area (Å²) in [5, 5.41) is 17.9. The first-order valence-corrected chi connectivity index (χ1v) is 18.0. The summed E-state index contributed by atoms with van der Waals surface area (Å²) in [6, 6.07) is 71.4. The van der Waals surface area contributed by atoms with Gasteiger partial charge >= 0.3 is 0 Å². The van der Waals surface area contributed by atoms with Gasteiger partial charge in [-0.05, 0) is 90.3 Å². The average Bonchev–Trinajstić information content (AvgIpc) is 3.57. The van der Waals surface area contributed by atoms with E-state index in [0.29, 0.717) is 5.56 Å². The van der Waals surface area contributed by atoms with Gasteiger partial charge in [0.1, 0.15) is 6.07 Å². The first-order valence-electron chi connectivity index (χ1n) is 18.0. The summed E-state index contributed by atoms with van der Waals surface area (Å²) >= 11 is 0. The Morgan fingerprint density at radius 2 is 0.736 bits per heavy atom. The highest BCUT2D eigenvalue weighted by atomic mass is 15.0. The summed E-state index contributed by atoms with van der Waals surface area (Å²) in [7, 11) is 0. The van der Waals surface area contributed by atoms with Crippen LogP contribution in [-0.2, 0) is 0 Å². The Morgan fingerprint density at radius 3 is 1.26 bits per heavy atom. The maximum atomic E-state index is 10.5. The highest BCUT2D eigenvalue weighted by molar-refractivity contribution is 6.21. The summed E-state index contributed by atoms with van der Waals surface area (Å²) < 4.78 is 2.22. The van der Waals surface area contributed by atoms with Crippen LogP contribution in [0.25, 0.3) is 93.5 Å². The van der Waals surface area contributed by atoms with Crippen molar-refractivity contribution in [3.63, 3.8) is 0 Å².